The molecule has 25 heavy (non-hydrogen) atoms. The zero-order valence-corrected chi connectivity index (χ0v) is 14.0. The highest BCUT2D eigenvalue weighted by molar-refractivity contribution is 5.95. The van der Waals surface area contributed by atoms with Gasteiger partial charge in [0, 0.05) is 24.8 Å². The Morgan fingerprint density at radius 3 is 2.64 bits per heavy atom. The predicted octanol–water partition coefficient (Wildman–Crippen LogP) is 2.57. The smallest absolute Gasteiger partial charge is 0.227 e. The second-order valence-corrected chi connectivity index (χ2v) is 6.45. The number of anilines is 1. The average molecular weight is 333 g/mol. The lowest BCUT2D eigenvalue weighted by molar-refractivity contribution is -0.117. The molecule has 0 bridgehead atoms. The van der Waals surface area contributed by atoms with Crippen molar-refractivity contribution >= 4 is 11.6 Å². The minimum atomic E-state index is 0.197. The Morgan fingerprint density at radius 1 is 1.16 bits per heavy atom. The molecule has 0 radical (unpaired) electrons. The van der Waals surface area contributed by atoms with Crippen LogP contribution < -0.4 is 4.90 Å². The first-order valence-corrected chi connectivity index (χ1v) is 8.36. The van der Waals surface area contributed by atoms with Crippen molar-refractivity contribution in [2.45, 2.75) is 19.8 Å². The number of carbonyl (C=O) groups excluding carboxylic acids is 1. The molecule has 0 spiro atoms. The summed E-state index contributed by atoms with van der Waals surface area (Å²) in [5.74, 6) is 1.32. The Labute approximate surface area is 146 Å². The standard InChI is InChI=1S/C19H19N5O/c1-14-7-18(23-12-21-22-13-23)20-10-16(14)8-15-9-19(25)24(11-15)17-5-3-2-4-6-17/h2-7,10,12-13,15H,8-9,11H2,1H3/t15-/m1/s1. The van der Waals surface area contributed by atoms with Gasteiger partial charge in [0.25, 0.3) is 0 Å². The number of nitrogens with zero attached hydrogens (tertiary/aromatic N) is 5. The largest absolute Gasteiger partial charge is 0.312 e. The van der Waals surface area contributed by atoms with Gasteiger partial charge in [-0.1, -0.05) is 18.2 Å². The van der Waals surface area contributed by atoms with Gasteiger partial charge in [-0.2, -0.15) is 0 Å². The molecule has 1 amide bonds. The van der Waals surface area contributed by atoms with Crippen LogP contribution in [0, 0.1) is 12.8 Å². The SMILES string of the molecule is Cc1cc(-n2cnnc2)ncc1C[C@@H]1CC(=O)N(c2ccccc2)C1. The van der Waals surface area contributed by atoms with Crippen LogP contribution in [0.4, 0.5) is 5.69 Å². The number of aryl methyl sites for hydroxylation is 1. The molecule has 1 aliphatic rings. The Balaban J connectivity index is 1.49. The van der Waals surface area contributed by atoms with Gasteiger partial charge in [-0.05, 0) is 48.6 Å². The summed E-state index contributed by atoms with van der Waals surface area (Å²) in [6.07, 6.45) is 6.61. The van der Waals surface area contributed by atoms with Crippen molar-refractivity contribution in [1.82, 2.24) is 19.7 Å². The van der Waals surface area contributed by atoms with Crippen LogP contribution in [0.15, 0.2) is 55.2 Å². The summed E-state index contributed by atoms with van der Waals surface area (Å²) in [6.45, 7) is 2.84. The van der Waals surface area contributed by atoms with E-state index < -0.39 is 0 Å². The lowest BCUT2D eigenvalue weighted by Crippen LogP contribution is -2.24. The summed E-state index contributed by atoms with van der Waals surface area (Å²) in [6, 6.07) is 11.9. The highest BCUT2D eigenvalue weighted by Gasteiger charge is 2.30. The third kappa shape index (κ3) is 3.15. The number of pyridine rings is 1. The van der Waals surface area contributed by atoms with Crippen molar-refractivity contribution in [3.05, 3.63) is 66.4 Å². The lowest BCUT2D eigenvalue weighted by atomic mass is 9.97. The molecule has 1 atom stereocenters. The Bertz CT molecular complexity index is 876. The van der Waals surface area contributed by atoms with Gasteiger partial charge in [-0.15, -0.1) is 10.2 Å². The maximum Gasteiger partial charge on any atom is 0.227 e. The molecule has 6 nitrogen and oxygen atoms in total. The van der Waals surface area contributed by atoms with Crippen LogP contribution in [0.2, 0.25) is 0 Å². The Kier molecular flexibility index (Phi) is 4.01. The summed E-state index contributed by atoms with van der Waals surface area (Å²) in [7, 11) is 0. The second kappa shape index (κ2) is 6.47. The first-order valence-electron chi connectivity index (χ1n) is 8.36. The van der Waals surface area contributed by atoms with E-state index in [1.165, 1.54) is 11.1 Å². The van der Waals surface area contributed by atoms with Crippen LogP contribution in [0.5, 0.6) is 0 Å². The van der Waals surface area contributed by atoms with Gasteiger partial charge in [0.2, 0.25) is 5.91 Å². The van der Waals surface area contributed by atoms with E-state index >= 15 is 0 Å². The molecule has 1 aliphatic heterocycles. The van der Waals surface area contributed by atoms with E-state index in [0.29, 0.717) is 12.3 Å². The normalized spacial score (nSPS) is 17.2. The molecule has 4 rings (SSSR count). The molecule has 3 aromatic rings. The molecule has 1 aromatic carbocycles. The fourth-order valence-electron chi connectivity index (χ4n) is 3.33. The maximum absolute atomic E-state index is 12.4. The van der Waals surface area contributed by atoms with Crippen molar-refractivity contribution in [3.8, 4) is 5.82 Å². The van der Waals surface area contributed by atoms with Crippen LogP contribution >= 0.6 is 0 Å². The van der Waals surface area contributed by atoms with E-state index in [-0.39, 0.29) is 5.91 Å². The van der Waals surface area contributed by atoms with Crippen LogP contribution in [0.25, 0.3) is 5.82 Å². The molecular weight excluding hydrogens is 314 g/mol. The molecule has 1 fully saturated rings. The zero-order chi connectivity index (χ0) is 17.2. The Morgan fingerprint density at radius 2 is 1.92 bits per heavy atom. The molecule has 6 heteroatoms. The van der Waals surface area contributed by atoms with E-state index in [1.54, 1.807) is 17.2 Å². The minimum Gasteiger partial charge on any atom is -0.312 e. The molecule has 0 N–H and O–H groups in total. The van der Waals surface area contributed by atoms with Gasteiger partial charge in [-0.25, -0.2) is 4.98 Å². The molecule has 0 unspecified atom stereocenters. The summed E-state index contributed by atoms with van der Waals surface area (Å²) >= 11 is 0. The van der Waals surface area contributed by atoms with Gasteiger partial charge in [0.05, 0.1) is 0 Å². The number of aromatic nitrogens is 4. The second-order valence-electron chi connectivity index (χ2n) is 6.45. The molecule has 3 heterocycles. The van der Waals surface area contributed by atoms with E-state index in [9.17, 15) is 4.79 Å². The number of carbonyl (C=O) groups is 1. The highest BCUT2D eigenvalue weighted by atomic mass is 16.2. The van der Waals surface area contributed by atoms with Crippen molar-refractivity contribution in [2.75, 3.05) is 11.4 Å². The number of rotatable bonds is 4. The van der Waals surface area contributed by atoms with Gasteiger partial charge < -0.3 is 4.90 Å². The number of hydrogen-bond acceptors (Lipinski definition) is 4. The fourth-order valence-corrected chi connectivity index (χ4v) is 3.33. The quantitative estimate of drug-likeness (QED) is 0.736. The van der Waals surface area contributed by atoms with Gasteiger partial charge in [-0.3, -0.25) is 9.36 Å². The topological polar surface area (TPSA) is 63.9 Å². The Hall–Kier alpha value is -3.02. The first kappa shape index (κ1) is 15.5. The van der Waals surface area contributed by atoms with Gasteiger partial charge >= 0.3 is 0 Å². The minimum absolute atomic E-state index is 0.197. The lowest BCUT2D eigenvalue weighted by Gasteiger charge is -2.17. The highest BCUT2D eigenvalue weighted by Crippen LogP contribution is 2.28. The van der Waals surface area contributed by atoms with Gasteiger partial charge in [0.1, 0.15) is 18.5 Å². The van der Waals surface area contributed by atoms with Crippen molar-refractivity contribution in [3.63, 3.8) is 0 Å². The van der Waals surface area contributed by atoms with Crippen LogP contribution in [-0.2, 0) is 11.2 Å². The summed E-state index contributed by atoms with van der Waals surface area (Å²) in [4.78, 5) is 18.8. The number of amides is 1. The maximum atomic E-state index is 12.4. The molecule has 0 aliphatic carbocycles. The third-order valence-corrected chi connectivity index (χ3v) is 4.67. The summed E-state index contributed by atoms with van der Waals surface area (Å²) < 4.78 is 1.78. The van der Waals surface area contributed by atoms with E-state index in [4.69, 9.17) is 0 Å². The van der Waals surface area contributed by atoms with Crippen LogP contribution in [-0.4, -0.2) is 32.2 Å². The predicted molar refractivity (Wildman–Crippen MR) is 94.5 cm³/mol. The molecule has 2 aromatic heterocycles. The van der Waals surface area contributed by atoms with E-state index in [0.717, 1.165) is 24.5 Å². The van der Waals surface area contributed by atoms with Crippen LogP contribution in [0.3, 0.4) is 0 Å². The molecule has 1 saturated heterocycles. The van der Waals surface area contributed by atoms with E-state index in [2.05, 4.69) is 22.1 Å². The molecule has 0 saturated carbocycles. The molecule has 126 valence electrons. The first-order chi connectivity index (χ1) is 12.2. The number of hydrogen-bond donors (Lipinski definition) is 0. The van der Waals surface area contributed by atoms with Gasteiger partial charge in [0.15, 0.2) is 0 Å². The monoisotopic (exact) mass is 333 g/mol. The van der Waals surface area contributed by atoms with Crippen LogP contribution in [0.1, 0.15) is 17.5 Å². The summed E-state index contributed by atoms with van der Waals surface area (Å²) in [5, 5.41) is 7.62. The number of benzene rings is 1. The van der Waals surface area contributed by atoms with E-state index in [1.807, 2.05) is 47.5 Å². The number of para-hydroxylation sites is 1. The van der Waals surface area contributed by atoms with Crippen molar-refractivity contribution < 1.29 is 4.79 Å². The summed E-state index contributed by atoms with van der Waals surface area (Å²) in [5.41, 5.74) is 3.33. The fraction of sp³-hybridized carbons (Fsp3) is 0.263. The zero-order valence-electron chi connectivity index (χ0n) is 14.0. The molecular formula is C19H19N5O. The average Bonchev–Trinajstić information content (AvgIpc) is 3.27. The van der Waals surface area contributed by atoms with Crippen molar-refractivity contribution in [2.24, 2.45) is 5.92 Å². The third-order valence-electron chi connectivity index (χ3n) is 4.67. The van der Waals surface area contributed by atoms with Crippen molar-refractivity contribution in [1.29, 1.82) is 0 Å².